The molecule has 2 aromatic heterocycles. The molecule has 1 saturated heterocycles. The van der Waals surface area contributed by atoms with E-state index in [-0.39, 0.29) is 0 Å². The lowest BCUT2D eigenvalue weighted by atomic mass is 10.1. The zero-order valence-electron chi connectivity index (χ0n) is 14.9. The van der Waals surface area contributed by atoms with Crippen molar-refractivity contribution in [3.8, 4) is 0 Å². The van der Waals surface area contributed by atoms with Crippen molar-refractivity contribution in [3.05, 3.63) is 35.3 Å². The number of hydrogen-bond donors (Lipinski definition) is 0. The fraction of sp³-hybridized carbons (Fsp3) is 0.632. The standard InChI is InChI=1S/C19H26N6/c1-23(11-15-10-16-4-2-3-9-25(16)22-15)17-12-24(13-17)19-8-7-18(20-21-19)14-5-6-14/h7-8,10,14,17H,2-6,9,11-13H2,1H3. The summed E-state index contributed by atoms with van der Waals surface area (Å²) in [5.41, 5.74) is 3.80. The second-order valence-corrected chi connectivity index (χ2v) is 7.87. The number of nitrogens with zero attached hydrogens (tertiary/aromatic N) is 6. The molecule has 1 saturated carbocycles. The quantitative estimate of drug-likeness (QED) is 0.837. The summed E-state index contributed by atoms with van der Waals surface area (Å²) < 4.78 is 2.21. The van der Waals surface area contributed by atoms with Gasteiger partial charge in [-0.3, -0.25) is 9.58 Å². The van der Waals surface area contributed by atoms with Crippen LogP contribution in [0, 0.1) is 0 Å². The van der Waals surface area contributed by atoms with Crippen molar-refractivity contribution in [2.75, 3.05) is 25.0 Å². The first-order valence-electron chi connectivity index (χ1n) is 9.61. The Morgan fingerprint density at radius 3 is 2.76 bits per heavy atom. The van der Waals surface area contributed by atoms with Crippen LogP contribution in [0.2, 0.25) is 0 Å². The van der Waals surface area contributed by atoms with Gasteiger partial charge in [-0.25, -0.2) is 0 Å². The molecule has 0 N–H and O–H groups in total. The van der Waals surface area contributed by atoms with E-state index < -0.39 is 0 Å². The lowest BCUT2D eigenvalue weighted by Gasteiger charge is -2.44. The second kappa shape index (κ2) is 6.09. The highest BCUT2D eigenvalue weighted by atomic mass is 15.4. The lowest BCUT2D eigenvalue weighted by molar-refractivity contribution is 0.194. The van der Waals surface area contributed by atoms with Crippen molar-refractivity contribution < 1.29 is 0 Å². The number of rotatable bonds is 5. The maximum Gasteiger partial charge on any atom is 0.151 e. The van der Waals surface area contributed by atoms with Gasteiger partial charge < -0.3 is 4.90 Å². The molecular formula is C19H26N6. The van der Waals surface area contributed by atoms with Gasteiger partial charge >= 0.3 is 0 Å². The summed E-state index contributed by atoms with van der Waals surface area (Å²) in [6.45, 7) is 4.08. The molecule has 0 spiro atoms. The first-order valence-corrected chi connectivity index (χ1v) is 9.61. The summed E-state index contributed by atoms with van der Waals surface area (Å²) in [6, 6.07) is 7.17. The second-order valence-electron chi connectivity index (χ2n) is 7.87. The van der Waals surface area contributed by atoms with E-state index in [0.29, 0.717) is 12.0 Å². The van der Waals surface area contributed by atoms with E-state index in [1.54, 1.807) is 0 Å². The number of likely N-dealkylation sites (N-methyl/N-ethyl adjacent to an activating group) is 1. The first kappa shape index (κ1) is 15.3. The minimum absolute atomic E-state index is 0.573. The van der Waals surface area contributed by atoms with Crippen LogP contribution in [-0.2, 0) is 19.5 Å². The van der Waals surface area contributed by atoms with Gasteiger partial charge in [-0.1, -0.05) is 0 Å². The molecule has 2 aromatic rings. The molecule has 1 aliphatic carbocycles. The Labute approximate surface area is 148 Å². The average molecular weight is 338 g/mol. The van der Waals surface area contributed by atoms with Crippen LogP contribution in [0.4, 0.5) is 5.82 Å². The van der Waals surface area contributed by atoms with Crippen LogP contribution in [0.3, 0.4) is 0 Å². The van der Waals surface area contributed by atoms with E-state index in [1.165, 1.54) is 49.2 Å². The molecule has 5 rings (SSSR count). The molecular weight excluding hydrogens is 312 g/mol. The molecule has 4 heterocycles. The molecule has 2 aliphatic heterocycles. The Kier molecular flexibility index (Phi) is 3.73. The third kappa shape index (κ3) is 3.03. The van der Waals surface area contributed by atoms with E-state index in [9.17, 15) is 0 Å². The maximum absolute atomic E-state index is 4.78. The molecule has 0 aromatic carbocycles. The Balaban J connectivity index is 1.16. The number of fused-ring (bicyclic) bond motifs is 1. The molecule has 6 heteroatoms. The van der Waals surface area contributed by atoms with E-state index in [4.69, 9.17) is 5.10 Å². The van der Waals surface area contributed by atoms with E-state index in [0.717, 1.165) is 32.0 Å². The molecule has 6 nitrogen and oxygen atoms in total. The van der Waals surface area contributed by atoms with Crippen molar-refractivity contribution in [3.63, 3.8) is 0 Å². The third-order valence-corrected chi connectivity index (χ3v) is 5.85. The monoisotopic (exact) mass is 338 g/mol. The molecule has 25 heavy (non-hydrogen) atoms. The largest absolute Gasteiger partial charge is 0.352 e. The van der Waals surface area contributed by atoms with Crippen molar-refractivity contribution in [1.29, 1.82) is 0 Å². The molecule has 3 aliphatic rings. The summed E-state index contributed by atoms with van der Waals surface area (Å²) >= 11 is 0. The van der Waals surface area contributed by atoms with Gasteiger partial charge in [0.1, 0.15) is 0 Å². The van der Waals surface area contributed by atoms with Crippen LogP contribution in [-0.4, -0.2) is 51.1 Å². The molecule has 0 unspecified atom stereocenters. The first-order chi connectivity index (χ1) is 12.3. The highest BCUT2D eigenvalue weighted by Gasteiger charge is 2.32. The number of aromatic nitrogens is 4. The van der Waals surface area contributed by atoms with E-state index in [1.807, 2.05) is 0 Å². The minimum atomic E-state index is 0.573. The van der Waals surface area contributed by atoms with Gasteiger partial charge in [-0.15, -0.1) is 5.10 Å². The van der Waals surface area contributed by atoms with E-state index >= 15 is 0 Å². The molecule has 132 valence electrons. The van der Waals surface area contributed by atoms with Gasteiger partial charge in [0, 0.05) is 43.8 Å². The van der Waals surface area contributed by atoms with Gasteiger partial charge in [0.15, 0.2) is 5.82 Å². The van der Waals surface area contributed by atoms with Gasteiger partial charge in [0.2, 0.25) is 0 Å². The molecule has 2 fully saturated rings. The Bertz CT molecular complexity index is 718. The van der Waals surface area contributed by atoms with Crippen molar-refractivity contribution in [1.82, 2.24) is 24.9 Å². The smallest absolute Gasteiger partial charge is 0.151 e. The van der Waals surface area contributed by atoms with Gasteiger partial charge in [-0.2, -0.15) is 10.2 Å². The van der Waals surface area contributed by atoms with Crippen LogP contribution < -0.4 is 4.90 Å². The molecule has 0 bridgehead atoms. The normalized spacial score (nSPS) is 20.6. The van der Waals surface area contributed by atoms with Gasteiger partial charge in [-0.05, 0) is 57.4 Å². The zero-order valence-corrected chi connectivity index (χ0v) is 14.9. The van der Waals surface area contributed by atoms with Crippen molar-refractivity contribution in [2.45, 2.75) is 57.2 Å². The predicted molar refractivity (Wildman–Crippen MR) is 96.6 cm³/mol. The minimum Gasteiger partial charge on any atom is -0.352 e. The predicted octanol–water partition coefficient (Wildman–Crippen LogP) is 2.21. The van der Waals surface area contributed by atoms with Crippen LogP contribution in [0.1, 0.15) is 48.7 Å². The summed E-state index contributed by atoms with van der Waals surface area (Å²) in [7, 11) is 2.21. The fourth-order valence-electron chi connectivity index (χ4n) is 3.96. The lowest BCUT2D eigenvalue weighted by Crippen LogP contribution is -2.58. The fourth-order valence-corrected chi connectivity index (χ4v) is 3.96. The maximum atomic E-state index is 4.78. The van der Waals surface area contributed by atoms with Crippen LogP contribution >= 0.6 is 0 Å². The van der Waals surface area contributed by atoms with Crippen LogP contribution in [0.5, 0.6) is 0 Å². The van der Waals surface area contributed by atoms with Crippen molar-refractivity contribution in [2.24, 2.45) is 0 Å². The highest BCUT2D eigenvalue weighted by molar-refractivity contribution is 5.42. The summed E-state index contributed by atoms with van der Waals surface area (Å²) in [5.74, 6) is 1.70. The number of hydrogen-bond acceptors (Lipinski definition) is 5. The SMILES string of the molecule is CN(Cc1cc2n(n1)CCCC2)C1CN(c2ccc(C3CC3)nn2)C1. The van der Waals surface area contributed by atoms with Crippen LogP contribution in [0.15, 0.2) is 18.2 Å². The summed E-state index contributed by atoms with van der Waals surface area (Å²) in [4.78, 5) is 4.75. The number of anilines is 1. The average Bonchev–Trinajstić information content (AvgIpc) is 3.34. The molecule has 0 atom stereocenters. The third-order valence-electron chi connectivity index (χ3n) is 5.85. The zero-order chi connectivity index (χ0) is 16.8. The van der Waals surface area contributed by atoms with Gasteiger partial charge in [0.05, 0.1) is 11.4 Å². The van der Waals surface area contributed by atoms with Crippen LogP contribution in [0.25, 0.3) is 0 Å². The molecule has 0 radical (unpaired) electrons. The number of aryl methyl sites for hydroxylation is 2. The highest BCUT2D eigenvalue weighted by Crippen LogP contribution is 2.38. The van der Waals surface area contributed by atoms with E-state index in [2.05, 4.69) is 49.9 Å². The molecule has 0 amide bonds. The Hall–Kier alpha value is -1.95. The van der Waals surface area contributed by atoms with Gasteiger partial charge in [0.25, 0.3) is 0 Å². The Morgan fingerprint density at radius 2 is 2.04 bits per heavy atom. The topological polar surface area (TPSA) is 50.1 Å². The Morgan fingerprint density at radius 1 is 1.16 bits per heavy atom. The summed E-state index contributed by atoms with van der Waals surface area (Å²) in [6.07, 6.45) is 6.31. The van der Waals surface area contributed by atoms with Crippen molar-refractivity contribution >= 4 is 5.82 Å². The summed E-state index contributed by atoms with van der Waals surface area (Å²) in [5, 5.41) is 13.6.